The summed E-state index contributed by atoms with van der Waals surface area (Å²) in [5.41, 5.74) is 3.17. The Kier molecular flexibility index (Phi) is 7.86. The van der Waals surface area contributed by atoms with Gasteiger partial charge in [0.15, 0.2) is 12.2 Å². The zero-order valence-corrected chi connectivity index (χ0v) is 19.5. The number of nitriles is 1. The third-order valence-corrected chi connectivity index (χ3v) is 6.47. The predicted octanol–water partition coefficient (Wildman–Crippen LogP) is 5.53. The van der Waals surface area contributed by atoms with Crippen molar-refractivity contribution in [3.8, 4) is 6.07 Å². The highest BCUT2D eigenvalue weighted by Gasteiger charge is 2.16. The maximum absolute atomic E-state index is 12.7. The minimum Gasteiger partial charge on any atom is -0.452 e. The zero-order valence-electron chi connectivity index (χ0n) is 17.9. The van der Waals surface area contributed by atoms with E-state index in [-0.39, 0.29) is 5.75 Å². The van der Waals surface area contributed by atoms with Crippen LogP contribution in [0, 0.1) is 11.3 Å². The van der Waals surface area contributed by atoms with E-state index in [1.807, 2.05) is 48.5 Å². The molecule has 7 nitrogen and oxygen atoms in total. The molecule has 0 aliphatic carbocycles. The molecule has 0 unspecified atom stereocenters. The van der Waals surface area contributed by atoms with Gasteiger partial charge >= 0.3 is 5.97 Å². The van der Waals surface area contributed by atoms with Gasteiger partial charge in [0, 0.05) is 10.6 Å². The molecule has 0 fully saturated rings. The van der Waals surface area contributed by atoms with Crippen molar-refractivity contribution >= 4 is 52.2 Å². The van der Waals surface area contributed by atoms with Crippen LogP contribution in [0.4, 0.5) is 5.69 Å². The van der Waals surface area contributed by atoms with Gasteiger partial charge in [-0.15, -0.1) is 11.8 Å². The van der Waals surface area contributed by atoms with Crippen LogP contribution in [-0.2, 0) is 15.3 Å². The number of para-hydroxylation sites is 3. The molecule has 34 heavy (non-hydrogen) atoms. The molecule has 3 aromatic carbocycles. The Morgan fingerprint density at radius 3 is 2.62 bits per heavy atom. The molecule has 0 saturated carbocycles. The Bertz CT molecular complexity index is 1330. The van der Waals surface area contributed by atoms with Crippen LogP contribution in [0.2, 0.25) is 0 Å². The average molecular weight is 490 g/mol. The highest BCUT2D eigenvalue weighted by Crippen LogP contribution is 2.28. The molecule has 9 heteroatoms. The van der Waals surface area contributed by atoms with E-state index in [9.17, 15) is 9.59 Å². The quantitative estimate of drug-likeness (QED) is 0.242. The van der Waals surface area contributed by atoms with Crippen LogP contribution in [-0.4, -0.2) is 29.2 Å². The van der Waals surface area contributed by atoms with Crippen LogP contribution in [0.5, 0.6) is 0 Å². The molecule has 0 spiro atoms. The zero-order chi connectivity index (χ0) is 23.8. The van der Waals surface area contributed by atoms with Gasteiger partial charge in [0.2, 0.25) is 0 Å². The van der Waals surface area contributed by atoms with Crippen molar-refractivity contribution in [1.29, 1.82) is 5.26 Å². The Morgan fingerprint density at radius 1 is 1.00 bits per heavy atom. The molecule has 1 aromatic heterocycles. The number of anilines is 1. The number of ether oxygens (including phenoxy) is 1. The molecular weight excluding hydrogens is 470 g/mol. The number of hydrogen-bond donors (Lipinski definition) is 1. The van der Waals surface area contributed by atoms with Crippen LogP contribution in [0.3, 0.4) is 0 Å². The summed E-state index contributed by atoms with van der Waals surface area (Å²) >= 11 is 2.69. The minimum atomic E-state index is -0.587. The SMILES string of the molecule is N#CCSc1ccccc1NC(=O)COC(=O)c1ccccc1CSc1nc2ccccc2o1. The topological polar surface area (TPSA) is 105 Å². The summed E-state index contributed by atoms with van der Waals surface area (Å²) in [7, 11) is 0. The largest absolute Gasteiger partial charge is 0.452 e. The number of fused-ring (bicyclic) bond motifs is 1. The Morgan fingerprint density at radius 2 is 1.76 bits per heavy atom. The number of carbonyl (C=O) groups is 2. The average Bonchev–Trinajstić information content (AvgIpc) is 3.29. The molecule has 170 valence electrons. The van der Waals surface area contributed by atoms with Crippen LogP contribution in [0.25, 0.3) is 11.1 Å². The molecule has 0 aliphatic heterocycles. The first-order valence-corrected chi connectivity index (χ1v) is 12.2. The summed E-state index contributed by atoms with van der Waals surface area (Å²) in [6.07, 6.45) is 0. The summed E-state index contributed by atoms with van der Waals surface area (Å²) < 4.78 is 11.0. The van der Waals surface area contributed by atoms with Crippen molar-refractivity contribution in [2.75, 3.05) is 17.7 Å². The number of nitrogens with one attached hydrogen (secondary N) is 1. The molecule has 0 atom stereocenters. The standard InChI is InChI=1S/C25H19N3O4S2/c26-13-14-33-22-12-6-4-10-20(22)27-23(29)15-31-24(30)18-8-2-1-7-17(18)16-34-25-28-19-9-3-5-11-21(19)32-25/h1-12H,14-16H2,(H,27,29). The van der Waals surface area contributed by atoms with E-state index in [1.54, 1.807) is 24.3 Å². The number of esters is 1. The van der Waals surface area contributed by atoms with Crippen molar-refractivity contribution in [3.63, 3.8) is 0 Å². The molecule has 1 heterocycles. The summed E-state index contributed by atoms with van der Waals surface area (Å²) in [6, 6.07) is 23.8. The fraction of sp³-hybridized carbons (Fsp3) is 0.120. The third-order valence-electron chi connectivity index (χ3n) is 4.65. The van der Waals surface area contributed by atoms with Crippen molar-refractivity contribution < 1.29 is 18.7 Å². The molecule has 0 radical (unpaired) electrons. The van der Waals surface area contributed by atoms with Gasteiger partial charge in [-0.25, -0.2) is 9.78 Å². The van der Waals surface area contributed by atoms with E-state index in [0.29, 0.717) is 27.8 Å². The van der Waals surface area contributed by atoms with Crippen molar-refractivity contribution in [2.24, 2.45) is 0 Å². The molecule has 0 aliphatic rings. The molecule has 0 saturated heterocycles. The highest BCUT2D eigenvalue weighted by atomic mass is 32.2. The lowest BCUT2D eigenvalue weighted by Crippen LogP contribution is -2.21. The lowest BCUT2D eigenvalue weighted by atomic mass is 10.1. The van der Waals surface area contributed by atoms with E-state index in [1.165, 1.54) is 23.5 Å². The fourth-order valence-electron chi connectivity index (χ4n) is 3.10. The van der Waals surface area contributed by atoms with Gasteiger partial charge in [0.25, 0.3) is 11.1 Å². The first-order valence-electron chi connectivity index (χ1n) is 10.3. The van der Waals surface area contributed by atoms with E-state index < -0.39 is 18.5 Å². The summed E-state index contributed by atoms with van der Waals surface area (Å²) in [5.74, 6) is -0.332. The molecule has 1 N–H and O–H groups in total. The lowest BCUT2D eigenvalue weighted by Gasteiger charge is -2.11. The van der Waals surface area contributed by atoms with Gasteiger partial charge in [-0.3, -0.25) is 4.79 Å². The van der Waals surface area contributed by atoms with Crippen LogP contribution in [0.15, 0.2) is 87.3 Å². The van der Waals surface area contributed by atoms with E-state index >= 15 is 0 Å². The van der Waals surface area contributed by atoms with Crippen molar-refractivity contribution in [2.45, 2.75) is 15.9 Å². The number of oxazole rings is 1. The number of aromatic nitrogens is 1. The number of carbonyl (C=O) groups excluding carboxylic acids is 2. The fourth-order valence-corrected chi connectivity index (χ4v) is 4.61. The Balaban J connectivity index is 1.35. The molecular formula is C25H19N3O4S2. The number of rotatable bonds is 9. The molecule has 4 rings (SSSR count). The maximum Gasteiger partial charge on any atom is 0.338 e. The van der Waals surface area contributed by atoms with Gasteiger partial charge in [-0.1, -0.05) is 54.2 Å². The second-order valence-electron chi connectivity index (χ2n) is 6.96. The molecule has 4 aromatic rings. The smallest absolute Gasteiger partial charge is 0.338 e. The molecule has 0 bridgehead atoms. The predicted molar refractivity (Wildman–Crippen MR) is 132 cm³/mol. The summed E-state index contributed by atoms with van der Waals surface area (Å²) in [6.45, 7) is -0.428. The normalized spacial score (nSPS) is 10.6. The second-order valence-corrected chi connectivity index (χ2v) is 8.90. The number of benzene rings is 3. The van der Waals surface area contributed by atoms with Crippen LogP contribution in [0.1, 0.15) is 15.9 Å². The van der Waals surface area contributed by atoms with E-state index in [4.69, 9.17) is 14.4 Å². The van der Waals surface area contributed by atoms with Gasteiger partial charge in [0.05, 0.1) is 23.1 Å². The van der Waals surface area contributed by atoms with Crippen LogP contribution < -0.4 is 5.32 Å². The van der Waals surface area contributed by atoms with Gasteiger partial charge in [-0.05, 0) is 35.9 Å². The highest BCUT2D eigenvalue weighted by molar-refractivity contribution is 7.99. The summed E-state index contributed by atoms with van der Waals surface area (Å²) in [4.78, 5) is 30.3. The number of hydrogen-bond acceptors (Lipinski definition) is 8. The molecule has 1 amide bonds. The monoisotopic (exact) mass is 489 g/mol. The van der Waals surface area contributed by atoms with Crippen molar-refractivity contribution in [3.05, 3.63) is 83.9 Å². The number of thioether (sulfide) groups is 2. The Labute approximate surface area is 204 Å². The minimum absolute atomic E-state index is 0.264. The lowest BCUT2D eigenvalue weighted by molar-refractivity contribution is -0.119. The van der Waals surface area contributed by atoms with Gasteiger partial charge in [0.1, 0.15) is 5.52 Å². The Hall–Kier alpha value is -3.74. The summed E-state index contributed by atoms with van der Waals surface area (Å²) in [5, 5.41) is 12.0. The van der Waals surface area contributed by atoms with E-state index in [0.717, 1.165) is 16.0 Å². The van der Waals surface area contributed by atoms with E-state index in [2.05, 4.69) is 16.4 Å². The number of amides is 1. The maximum atomic E-state index is 12.7. The first-order chi connectivity index (χ1) is 16.6. The third kappa shape index (κ3) is 5.98. The van der Waals surface area contributed by atoms with Gasteiger partial charge < -0.3 is 14.5 Å². The number of nitrogens with zero attached hydrogens (tertiary/aromatic N) is 2. The second kappa shape index (κ2) is 11.4. The first kappa shape index (κ1) is 23.4. The van der Waals surface area contributed by atoms with Crippen molar-refractivity contribution in [1.82, 2.24) is 4.98 Å². The van der Waals surface area contributed by atoms with Gasteiger partial charge in [-0.2, -0.15) is 5.26 Å². The van der Waals surface area contributed by atoms with Crippen LogP contribution >= 0.6 is 23.5 Å².